The second-order valence-corrected chi connectivity index (χ2v) is 5.28. The molecule has 20 heavy (non-hydrogen) atoms. The molecule has 1 fully saturated rings. The molecule has 0 radical (unpaired) electrons. The van der Waals surface area contributed by atoms with E-state index >= 15 is 0 Å². The average molecular weight is 294 g/mol. The van der Waals surface area contributed by atoms with Crippen LogP contribution in [0.4, 0.5) is 0 Å². The molecular formula is C14H18N2O3S. The van der Waals surface area contributed by atoms with Crippen LogP contribution in [-0.2, 0) is 4.74 Å². The Labute approximate surface area is 122 Å². The Balaban J connectivity index is 1.75. The van der Waals surface area contributed by atoms with E-state index in [0.29, 0.717) is 12.1 Å². The van der Waals surface area contributed by atoms with Crippen molar-refractivity contribution in [1.82, 2.24) is 10.2 Å². The summed E-state index contributed by atoms with van der Waals surface area (Å²) in [6.45, 7) is 4.70. The topological polar surface area (TPSA) is 61.8 Å². The standard InChI is InChI=1S/C14H18N2O3S/c17-7-1-2-13-10-12(11-20-13)14(18)15-3-4-16-5-8-19-9-6-16/h10-11,17H,3-9H2,(H,15,18). The SMILES string of the molecule is O=C(NCCN1CCOCC1)c1csc(C#CCO)c1. The van der Waals surface area contributed by atoms with Gasteiger partial charge in [0.15, 0.2) is 0 Å². The smallest absolute Gasteiger partial charge is 0.252 e. The molecule has 1 aromatic rings. The molecule has 0 aliphatic carbocycles. The summed E-state index contributed by atoms with van der Waals surface area (Å²) in [7, 11) is 0. The first kappa shape index (κ1) is 15.0. The Hall–Kier alpha value is -1.39. The van der Waals surface area contributed by atoms with Gasteiger partial charge in [0.2, 0.25) is 0 Å². The van der Waals surface area contributed by atoms with Crippen LogP contribution in [0.15, 0.2) is 11.4 Å². The Bertz CT molecular complexity index is 498. The van der Waals surface area contributed by atoms with Gasteiger partial charge in [0.1, 0.15) is 6.61 Å². The van der Waals surface area contributed by atoms with Gasteiger partial charge in [-0.05, 0) is 6.07 Å². The van der Waals surface area contributed by atoms with E-state index in [1.165, 1.54) is 11.3 Å². The average Bonchev–Trinajstić information content (AvgIpc) is 2.95. The highest BCUT2D eigenvalue weighted by Crippen LogP contribution is 2.13. The van der Waals surface area contributed by atoms with Gasteiger partial charge in [-0.25, -0.2) is 0 Å². The zero-order valence-electron chi connectivity index (χ0n) is 11.2. The normalized spacial score (nSPS) is 15.4. The van der Waals surface area contributed by atoms with E-state index in [0.717, 1.165) is 37.7 Å². The molecule has 2 N–H and O–H groups in total. The molecule has 0 bridgehead atoms. The van der Waals surface area contributed by atoms with E-state index < -0.39 is 0 Å². The van der Waals surface area contributed by atoms with E-state index in [1.807, 2.05) is 0 Å². The van der Waals surface area contributed by atoms with Gasteiger partial charge in [-0.1, -0.05) is 11.8 Å². The van der Waals surface area contributed by atoms with E-state index in [1.54, 1.807) is 11.4 Å². The van der Waals surface area contributed by atoms with Gasteiger partial charge in [0.05, 0.1) is 23.7 Å². The predicted molar refractivity (Wildman–Crippen MR) is 77.9 cm³/mol. The summed E-state index contributed by atoms with van der Waals surface area (Å²) in [5.74, 6) is 5.29. The maximum Gasteiger partial charge on any atom is 0.252 e. The molecule has 1 amide bonds. The van der Waals surface area contributed by atoms with Crippen LogP contribution in [0.5, 0.6) is 0 Å². The summed E-state index contributed by atoms with van der Waals surface area (Å²) in [5, 5.41) is 13.3. The van der Waals surface area contributed by atoms with Crippen molar-refractivity contribution in [1.29, 1.82) is 0 Å². The highest BCUT2D eigenvalue weighted by molar-refractivity contribution is 7.10. The lowest BCUT2D eigenvalue weighted by molar-refractivity contribution is 0.0383. The number of amides is 1. The van der Waals surface area contributed by atoms with Gasteiger partial charge in [-0.3, -0.25) is 9.69 Å². The largest absolute Gasteiger partial charge is 0.384 e. The third kappa shape index (κ3) is 4.62. The molecule has 0 unspecified atom stereocenters. The number of hydrogen-bond donors (Lipinski definition) is 2. The van der Waals surface area contributed by atoms with Crippen LogP contribution in [0.25, 0.3) is 0 Å². The summed E-state index contributed by atoms with van der Waals surface area (Å²) >= 11 is 1.41. The zero-order chi connectivity index (χ0) is 14.2. The number of carbonyl (C=O) groups excluding carboxylic acids is 1. The van der Waals surface area contributed by atoms with Gasteiger partial charge in [0.25, 0.3) is 5.91 Å². The second-order valence-electron chi connectivity index (χ2n) is 4.37. The monoisotopic (exact) mass is 294 g/mol. The lowest BCUT2D eigenvalue weighted by atomic mass is 10.3. The second kappa shape index (κ2) is 8.02. The Morgan fingerprint density at radius 1 is 1.50 bits per heavy atom. The molecule has 0 saturated carbocycles. The number of rotatable bonds is 4. The fourth-order valence-electron chi connectivity index (χ4n) is 1.90. The fraction of sp³-hybridized carbons (Fsp3) is 0.500. The maximum absolute atomic E-state index is 11.9. The molecule has 6 heteroatoms. The first-order chi connectivity index (χ1) is 9.79. The van der Waals surface area contributed by atoms with Crippen LogP contribution < -0.4 is 5.32 Å². The van der Waals surface area contributed by atoms with E-state index in [2.05, 4.69) is 22.1 Å². The molecule has 2 heterocycles. The molecule has 1 aromatic heterocycles. The third-order valence-corrected chi connectivity index (χ3v) is 3.82. The molecule has 2 rings (SSSR count). The summed E-state index contributed by atoms with van der Waals surface area (Å²) in [5.41, 5.74) is 0.624. The number of nitrogens with one attached hydrogen (secondary N) is 1. The zero-order valence-corrected chi connectivity index (χ0v) is 12.0. The van der Waals surface area contributed by atoms with Gasteiger partial charge in [-0.2, -0.15) is 0 Å². The molecule has 1 aliphatic rings. The van der Waals surface area contributed by atoms with E-state index in [4.69, 9.17) is 9.84 Å². The predicted octanol–water partition coefficient (Wildman–Crippen LogP) is 0.154. The minimum Gasteiger partial charge on any atom is -0.384 e. The molecule has 108 valence electrons. The Morgan fingerprint density at radius 3 is 3.05 bits per heavy atom. The van der Waals surface area contributed by atoms with Crippen molar-refractivity contribution in [3.05, 3.63) is 21.9 Å². The Morgan fingerprint density at radius 2 is 2.30 bits per heavy atom. The van der Waals surface area contributed by atoms with Gasteiger partial charge in [-0.15, -0.1) is 11.3 Å². The maximum atomic E-state index is 11.9. The van der Waals surface area contributed by atoms with Gasteiger partial charge in [0, 0.05) is 31.6 Å². The molecule has 0 aromatic carbocycles. The molecule has 0 atom stereocenters. The number of nitrogens with zero attached hydrogens (tertiary/aromatic N) is 1. The molecule has 1 aliphatic heterocycles. The van der Waals surface area contributed by atoms with Crippen molar-refractivity contribution in [2.24, 2.45) is 0 Å². The Kier molecular flexibility index (Phi) is 6.02. The van der Waals surface area contributed by atoms with Crippen LogP contribution in [0.3, 0.4) is 0 Å². The molecular weight excluding hydrogens is 276 g/mol. The number of morpholine rings is 1. The van der Waals surface area contributed by atoms with Crippen molar-refractivity contribution in [3.8, 4) is 11.8 Å². The van der Waals surface area contributed by atoms with Crippen LogP contribution in [-0.4, -0.2) is 61.9 Å². The van der Waals surface area contributed by atoms with Gasteiger partial charge < -0.3 is 15.2 Å². The minimum absolute atomic E-state index is 0.0773. The number of hydrogen-bond acceptors (Lipinski definition) is 5. The first-order valence-electron chi connectivity index (χ1n) is 6.56. The van der Waals surface area contributed by atoms with Crippen LogP contribution in [0.2, 0.25) is 0 Å². The van der Waals surface area contributed by atoms with Crippen molar-refractivity contribution in [2.45, 2.75) is 0 Å². The number of ether oxygens (including phenoxy) is 1. The number of thiophene rings is 1. The fourth-order valence-corrected chi connectivity index (χ4v) is 2.66. The van der Waals surface area contributed by atoms with Crippen LogP contribution in [0, 0.1) is 11.8 Å². The lowest BCUT2D eigenvalue weighted by Crippen LogP contribution is -2.41. The highest BCUT2D eigenvalue weighted by Gasteiger charge is 2.11. The summed E-state index contributed by atoms with van der Waals surface area (Å²) < 4.78 is 5.27. The van der Waals surface area contributed by atoms with E-state index in [-0.39, 0.29) is 12.5 Å². The summed E-state index contributed by atoms with van der Waals surface area (Å²) in [6, 6.07) is 1.75. The van der Waals surface area contributed by atoms with Crippen molar-refractivity contribution in [3.63, 3.8) is 0 Å². The third-order valence-electron chi connectivity index (χ3n) is 2.97. The number of carbonyl (C=O) groups is 1. The van der Waals surface area contributed by atoms with E-state index in [9.17, 15) is 4.79 Å². The highest BCUT2D eigenvalue weighted by atomic mass is 32.1. The number of aliphatic hydroxyl groups is 1. The summed E-state index contributed by atoms with van der Waals surface area (Å²) in [6.07, 6.45) is 0. The van der Waals surface area contributed by atoms with Crippen LogP contribution in [0.1, 0.15) is 15.2 Å². The molecule has 5 nitrogen and oxygen atoms in total. The molecule has 0 spiro atoms. The first-order valence-corrected chi connectivity index (χ1v) is 7.44. The number of aliphatic hydroxyl groups excluding tert-OH is 1. The lowest BCUT2D eigenvalue weighted by Gasteiger charge is -2.26. The minimum atomic E-state index is -0.168. The van der Waals surface area contributed by atoms with Crippen molar-refractivity contribution >= 4 is 17.2 Å². The van der Waals surface area contributed by atoms with Crippen molar-refractivity contribution in [2.75, 3.05) is 46.0 Å². The quantitative estimate of drug-likeness (QED) is 0.776. The summed E-state index contributed by atoms with van der Waals surface area (Å²) in [4.78, 5) is 15.0. The molecule has 1 saturated heterocycles. The van der Waals surface area contributed by atoms with Gasteiger partial charge >= 0.3 is 0 Å². The van der Waals surface area contributed by atoms with Crippen LogP contribution >= 0.6 is 11.3 Å². The van der Waals surface area contributed by atoms with Crippen molar-refractivity contribution < 1.29 is 14.6 Å².